The van der Waals surface area contributed by atoms with Gasteiger partial charge >= 0.3 is 6.09 Å². The fourth-order valence-electron chi connectivity index (χ4n) is 2.26. The Bertz CT molecular complexity index is 554. The van der Waals surface area contributed by atoms with Crippen molar-refractivity contribution in [2.75, 3.05) is 13.1 Å². The highest BCUT2D eigenvalue weighted by Gasteiger charge is 2.32. The molecule has 1 unspecified atom stereocenters. The molecule has 0 bridgehead atoms. The van der Waals surface area contributed by atoms with E-state index in [1.54, 1.807) is 11.0 Å². The van der Waals surface area contributed by atoms with Gasteiger partial charge in [-0.25, -0.2) is 4.79 Å². The first-order valence-electron chi connectivity index (χ1n) is 7.21. The molecule has 1 N–H and O–H groups in total. The molecule has 2 rings (SSSR count). The number of benzene rings is 1. The zero-order valence-corrected chi connectivity index (χ0v) is 13.0. The fraction of sp³-hybridized carbons (Fsp3) is 0.500. The van der Waals surface area contributed by atoms with Crippen LogP contribution in [0.3, 0.4) is 0 Å². The highest BCUT2D eigenvalue weighted by atomic mass is 16.6. The third-order valence-corrected chi connectivity index (χ3v) is 3.79. The first-order chi connectivity index (χ1) is 9.88. The van der Waals surface area contributed by atoms with Crippen molar-refractivity contribution >= 4 is 12.0 Å². The van der Waals surface area contributed by atoms with Crippen LogP contribution in [0.2, 0.25) is 0 Å². The summed E-state index contributed by atoms with van der Waals surface area (Å²) in [6.45, 7) is 8.72. The Kier molecular flexibility index (Phi) is 4.50. The van der Waals surface area contributed by atoms with Gasteiger partial charge in [-0.15, -0.1) is 0 Å². The minimum Gasteiger partial charge on any atom is -0.442 e. The quantitative estimate of drug-likeness (QED) is 0.925. The van der Waals surface area contributed by atoms with E-state index in [2.05, 4.69) is 5.32 Å². The predicted octanol–water partition coefficient (Wildman–Crippen LogP) is 2.26. The molecule has 21 heavy (non-hydrogen) atoms. The molecule has 0 saturated carbocycles. The van der Waals surface area contributed by atoms with Crippen LogP contribution in [-0.2, 0) is 4.74 Å². The molecule has 1 heterocycles. The van der Waals surface area contributed by atoms with Crippen LogP contribution in [-0.4, -0.2) is 42.1 Å². The summed E-state index contributed by atoms with van der Waals surface area (Å²) in [7, 11) is 0. The lowest BCUT2D eigenvalue weighted by molar-refractivity contribution is 0.0914. The maximum atomic E-state index is 12.1. The smallest absolute Gasteiger partial charge is 0.410 e. The Labute approximate surface area is 125 Å². The number of nitrogens with one attached hydrogen (secondary N) is 1. The number of rotatable bonds is 4. The van der Waals surface area contributed by atoms with Crippen molar-refractivity contribution in [1.29, 1.82) is 0 Å². The van der Waals surface area contributed by atoms with E-state index in [4.69, 9.17) is 4.74 Å². The third-order valence-electron chi connectivity index (χ3n) is 3.79. The molecule has 0 aliphatic carbocycles. The molecule has 0 spiro atoms. The second-order valence-electron chi connectivity index (χ2n) is 5.76. The van der Waals surface area contributed by atoms with Gasteiger partial charge in [0.25, 0.3) is 5.91 Å². The van der Waals surface area contributed by atoms with Crippen LogP contribution in [0, 0.1) is 13.8 Å². The van der Waals surface area contributed by atoms with E-state index in [0.29, 0.717) is 18.7 Å². The average molecular weight is 290 g/mol. The second kappa shape index (κ2) is 6.16. The van der Waals surface area contributed by atoms with E-state index in [9.17, 15) is 9.59 Å². The van der Waals surface area contributed by atoms with Gasteiger partial charge < -0.3 is 15.0 Å². The topological polar surface area (TPSA) is 58.6 Å². The first kappa shape index (κ1) is 15.4. The molecule has 5 heteroatoms. The average Bonchev–Trinajstić information content (AvgIpc) is 2.80. The standard InChI is InChI=1S/C16H22N2O3/c1-10(2)18-9-14(21-16(18)20)8-17-15(19)13-6-5-11(3)12(4)7-13/h5-7,10,14H,8-9H2,1-4H3,(H,17,19). The Balaban J connectivity index is 1.90. The maximum Gasteiger partial charge on any atom is 0.410 e. The highest BCUT2D eigenvalue weighted by Crippen LogP contribution is 2.14. The SMILES string of the molecule is Cc1ccc(C(=O)NCC2CN(C(C)C)C(=O)O2)cc1C. The summed E-state index contributed by atoms with van der Waals surface area (Å²) < 4.78 is 5.24. The van der Waals surface area contributed by atoms with E-state index >= 15 is 0 Å². The van der Waals surface area contributed by atoms with Crippen LogP contribution in [0.25, 0.3) is 0 Å². The summed E-state index contributed by atoms with van der Waals surface area (Å²) in [6.07, 6.45) is -0.592. The zero-order valence-electron chi connectivity index (χ0n) is 13.0. The van der Waals surface area contributed by atoms with Gasteiger partial charge in [-0.2, -0.15) is 0 Å². The molecule has 1 aliphatic rings. The van der Waals surface area contributed by atoms with Crippen molar-refractivity contribution in [1.82, 2.24) is 10.2 Å². The molecule has 1 aromatic carbocycles. The van der Waals surface area contributed by atoms with Gasteiger partial charge in [0, 0.05) is 11.6 Å². The van der Waals surface area contributed by atoms with Gasteiger partial charge in [0.2, 0.25) is 0 Å². The van der Waals surface area contributed by atoms with E-state index in [1.165, 1.54) is 0 Å². The fourth-order valence-corrected chi connectivity index (χ4v) is 2.26. The monoisotopic (exact) mass is 290 g/mol. The van der Waals surface area contributed by atoms with Crippen LogP contribution in [0.5, 0.6) is 0 Å². The van der Waals surface area contributed by atoms with E-state index in [1.807, 2.05) is 39.8 Å². The van der Waals surface area contributed by atoms with Gasteiger partial charge in [-0.3, -0.25) is 4.79 Å². The normalized spacial score (nSPS) is 18.0. The van der Waals surface area contributed by atoms with Crippen molar-refractivity contribution < 1.29 is 14.3 Å². The minimum atomic E-state index is -0.310. The summed E-state index contributed by atoms with van der Waals surface area (Å²) in [4.78, 5) is 25.4. The van der Waals surface area contributed by atoms with Gasteiger partial charge in [0.15, 0.2) is 0 Å². The lowest BCUT2D eigenvalue weighted by Crippen LogP contribution is -2.36. The first-order valence-corrected chi connectivity index (χ1v) is 7.21. The van der Waals surface area contributed by atoms with Crippen molar-refractivity contribution in [3.05, 3.63) is 34.9 Å². The molecule has 114 valence electrons. The van der Waals surface area contributed by atoms with Crippen molar-refractivity contribution in [3.8, 4) is 0 Å². The molecule has 0 radical (unpaired) electrons. The van der Waals surface area contributed by atoms with E-state index in [-0.39, 0.29) is 24.1 Å². The lowest BCUT2D eigenvalue weighted by Gasteiger charge is -2.16. The maximum absolute atomic E-state index is 12.1. The van der Waals surface area contributed by atoms with Gasteiger partial charge in [0.05, 0.1) is 13.1 Å². The molecule has 1 aromatic rings. The molecule has 1 saturated heterocycles. The van der Waals surface area contributed by atoms with Crippen LogP contribution in [0.15, 0.2) is 18.2 Å². The number of nitrogens with zero attached hydrogens (tertiary/aromatic N) is 1. The molecule has 0 aromatic heterocycles. The van der Waals surface area contributed by atoms with Gasteiger partial charge in [-0.1, -0.05) is 6.07 Å². The summed E-state index contributed by atoms with van der Waals surface area (Å²) in [5.74, 6) is -0.142. The number of amides is 2. The Morgan fingerprint density at radius 1 is 1.38 bits per heavy atom. The molecule has 1 aliphatic heterocycles. The molecular weight excluding hydrogens is 268 g/mol. The molecular formula is C16H22N2O3. The summed E-state index contributed by atoms with van der Waals surface area (Å²) in [5, 5.41) is 2.82. The van der Waals surface area contributed by atoms with Crippen LogP contribution in [0.4, 0.5) is 4.79 Å². The number of aryl methyl sites for hydroxylation is 2. The molecule has 5 nitrogen and oxygen atoms in total. The van der Waals surface area contributed by atoms with Crippen molar-refractivity contribution in [2.45, 2.75) is 39.8 Å². The Morgan fingerprint density at radius 3 is 2.67 bits per heavy atom. The number of hydrogen-bond donors (Lipinski definition) is 1. The Hall–Kier alpha value is -2.04. The van der Waals surface area contributed by atoms with Crippen LogP contribution in [0.1, 0.15) is 35.3 Å². The van der Waals surface area contributed by atoms with Crippen LogP contribution >= 0.6 is 0 Å². The Morgan fingerprint density at radius 2 is 2.10 bits per heavy atom. The number of hydrogen-bond acceptors (Lipinski definition) is 3. The summed E-state index contributed by atoms with van der Waals surface area (Å²) in [6, 6.07) is 5.71. The number of carbonyl (C=O) groups excluding carboxylic acids is 2. The molecule has 2 amide bonds. The number of cyclic esters (lactones) is 1. The van der Waals surface area contributed by atoms with Gasteiger partial charge in [0.1, 0.15) is 6.10 Å². The summed E-state index contributed by atoms with van der Waals surface area (Å²) >= 11 is 0. The van der Waals surface area contributed by atoms with Crippen LogP contribution < -0.4 is 5.32 Å². The molecule has 1 fully saturated rings. The largest absolute Gasteiger partial charge is 0.442 e. The second-order valence-corrected chi connectivity index (χ2v) is 5.76. The van der Waals surface area contributed by atoms with Crippen molar-refractivity contribution in [3.63, 3.8) is 0 Å². The number of ether oxygens (including phenoxy) is 1. The lowest BCUT2D eigenvalue weighted by atomic mass is 10.1. The van der Waals surface area contributed by atoms with Gasteiger partial charge in [-0.05, 0) is 51.0 Å². The molecule has 1 atom stereocenters. The minimum absolute atomic E-state index is 0.109. The predicted molar refractivity (Wildman–Crippen MR) is 80.4 cm³/mol. The number of carbonyl (C=O) groups is 2. The zero-order chi connectivity index (χ0) is 15.6. The highest BCUT2D eigenvalue weighted by molar-refractivity contribution is 5.94. The van der Waals surface area contributed by atoms with Crippen molar-refractivity contribution in [2.24, 2.45) is 0 Å². The van der Waals surface area contributed by atoms with E-state index in [0.717, 1.165) is 11.1 Å². The van der Waals surface area contributed by atoms with E-state index < -0.39 is 0 Å². The summed E-state index contributed by atoms with van der Waals surface area (Å²) in [5.41, 5.74) is 2.87. The third kappa shape index (κ3) is 3.54.